The molecule has 0 radical (unpaired) electrons. The molecule has 2 aliphatic rings. The minimum Gasteiger partial charge on any atom is -0.369 e. The van der Waals surface area contributed by atoms with Crippen LogP contribution in [0.25, 0.3) is 5.70 Å². The number of alkyl halides is 3. The maximum atomic E-state index is 14.0. The van der Waals surface area contributed by atoms with Crippen LogP contribution in [0.4, 0.5) is 30.2 Å². The van der Waals surface area contributed by atoms with Crippen LogP contribution >= 0.6 is 11.6 Å². The van der Waals surface area contributed by atoms with Gasteiger partial charge in [0.1, 0.15) is 0 Å². The first-order chi connectivity index (χ1) is 19.4. The lowest BCUT2D eigenvalue weighted by molar-refractivity contribution is -0.137. The molecule has 41 heavy (non-hydrogen) atoms. The molecule has 2 aromatic carbocycles. The molecule has 13 heteroatoms. The molecule has 3 aromatic rings. The van der Waals surface area contributed by atoms with Crippen molar-refractivity contribution in [2.45, 2.75) is 26.4 Å². The summed E-state index contributed by atoms with van der Waals surface area (Å²) in [5.41, 5.74) is 10.1. The average molecular weight is 589 g/mol. The van der Waals surface area contributed by atoms with E-state index in [4.69, 9.17) is 11.6 Å². The molecule has 1 aromatic heterocycles. The number of rotatable bonds is 5. The van der Waals surface area contributed by atoms with Gasteiger partial charge >= 0.3 is 6.18 Å². The molecule has 3 heterocycles. The number of hydrogen-bond donors (Lipinski definition) is 3. The first kappa shape index (κ1) is 28.8. The Balaban J connectivity index is 1.42. The molecule has 0 aliphatic carbocycles. The highest BCUT2D eigenvalue weighted by Gasteiger charge is 2.36. The van der Waals surface area contributed by atoms with E-state index in [1.54, 1.807) is 34.1 Å². The largest absolute Gasteiger partial charge is 0.417 e. The number of carbonyl (C=O) groups excluding carboxylic acids is 1. The SMILES string of the molecule is Cc1ccc(C(=O)Nc2cc(N3CCCN(C)CC3)c(Cl)c(C(F)(F)F)c2)cc1N1C=C(c2cnn(C)c2C)NN1. The van der Waals surface area contributed by atoms with Gasteiger partial charge < -0.3 is 20.5 Å². The first-order valence-corrected chi connectivity index (χ1v) is 13.6. The van der Waals surface area contributed by atoms with E-state index in [1.807, 2.05) is 39.0 Å². The number of halogens is 4. The molecule has 2 aliphatic heterocycles. The van der Waals surface area contributed by atoms with Gasteiger partial charge in [0.15, 0.2) is 0 Å². The highest BCUT2D eigenvalue weighted by molar-refractivity contribution is 6.34. The number of benzene rings is 2. The predicted octanol–water partition coefficient (Wildman–Crippen LogP) is 4.93. The van der Waals surface area contributed by atoms with Crippen LogP contribution in [0, 0.1) is 13.8 Å². The van der Waals surface area contributed by atoms with Gasteiger partial charge in [-0.2, -0.15) is 18.3 Å². The summed E-state index contributed by atoms with van der Waals surface area (Å²) in [5.74, 6) is -0.539. The standard InChI is InChI=1S/C28H32ClF3N8O/c1-17-6-7-19(12-24(17)40-16-23(35-36-40)21-15-33-38(4)18(21)2)27(41)34-20-13-22(28(30,31)32)26(29)25(14-20)39-9-5-8-37(3)10-11-39/h6-7,12-16,35-36H,5,8-11H2,1-4H3,(H,34,41). The normalized spacial score (nSPS) is 16.4. The quantitative estimate of drug-likeness (QED) is 0.390. The Morgan fingerprint density at radius 2 is 1.83 bits per heavy atom. The van der Waals surface area contributed by atoms with Crippen molar-refractivity contribution in [3.63, 3.8) is 0 Å². The molecule has 218 valence electrons. The van der Waals surface area contributed by atoms with Crippen LogP contribution in [0.2, 0.25) is 5.02 Å². The Morgan fingerprint density at radius 3 is 2.54 bits per heavy atom. The van der Waals surface area contributed by atoms with Gasteiger partial charge in [0, 0.05) is 55.4 Å². The van der Waals surface area contributed by atoms with E-state index in [0.29, 0.717) is 25.3 Å². The molecule has 0 bridgehead atoms. The van der Waals surface area contributed by atoms with Gasteiger partial charge in [-0.25, -0.2) is 0 Å². The second kappa shape index (κ2) is 11.3. The molecule has 0 atom stereocenters. The zero-order valence-electron chi connectivity index (χ0n) is 23.2. The summed E-state index contributed by atoms with van der Waals surface area (Å²) < 4.78 is 43.7. The molecule has 5 rings (SSSR count). The molecule has 3 N–H and O–H groups in total. The first-order valence-electron chi connectivity index (χ1n) is 13.2. The van der Waals surface area contributed by atoms with Gasteiger partial charge in [-0.1, -0.05) is 17.7 Å². The number of aryl methyl sites for hydroxylation is 2. The summed E-state index contributed by atoms with van der Waals surface area (Å²) >= 11 is 6.30. The van der Waals surface area contributed by atoms with Crippen LogP contribution in [0.15, 0.2) is 42.7 Å². The molecular formula is C28H32ClF3N8O. The third-order valence-electron chi connectivity index (χ3n) is 7.50. The van der Waals surface area contributed by atoms with Crippen LogP contribution < -0.4 is 26.2 Å². The molecule has 0 spiro atoms. The number of hydrogen-bond acceptors (Lipinski definition) is 7. The van der Waals surface area contributed by atoms with Gasteiger partial charge in [-0.05, 0) is 63.7 Å². The number of anilines is 3. The zero-order chi connectivity index (χ0) is 29.5. The smallest absolute Gasteiger partial charge is 0.369 e. The molecular weight excluding hydrogens is 557 g/mol. The highest BCUT2D eigenvalue weighted by atomic mass is 35.5. The van der Waals surface area contributed by atoms with Gasteiger partial charge in [-0.3, -0.25) is 14.5 Å². The van der Waals surface area contributed by atoms with Crippen molar-refractivity contribution < 1.29 is 18.0 Å². The van der Waals surface area contributed by atoms with Gasteiger partial charge in [0.2, 0.25) is 0 Å². The molecule has 0 saturated carbocycles. The van der Waals surface area contributed by atoms with Crippen LogP contribution in [0.5, 0.6) is 0 Å². The fourth-order valence-corrected chi connectivity index (χ4v) is 5.30. The molecule has 1 fully saturated rings. The summed E-state index contributed by atoms with van der Waals surface area (Å²) in [5, 5.41) is 8.32. The van der Waals surface area contributed by atoms with Crippen molar-refractivity contribution in [3.8, 4) is 0 Å². The fraction of sp³-hybridized carbons (Fsp3) is 0.357. The minimum atomic E-state index is -4.68. The molecule has 1 amide bonds. The number of nitrogens with one attached hydrogen (secondary N) is 3. The van der Waals surface area contributed by atoms with Crippen molar-refractivity contribution in [3.05, 3.63) is 75.7 Å². The zero-order valence-corrected chi connectivity index (χ0v) is 24.0. The van der Waals surface area contributed by atoms with Crippen molar-refractivity contribution in [2.75, 3.05) is 48.5 Å². The molecule has 9 nitrogen and oxygen atoms in total. The lowest BCUT2D eigenvalue weighted by Gasteiger charge is -2.26. The van der Waals surface area contributed by atoms with Crippen molar-refractivity contribution in [2.24, 2.45) is 7.05 Å². The maximum absolute atomic E-state index is 14.0. The van der Waals surface area contributed by atoms with E-state index < -0.39 is 17.6 Å². The van der Waals surface area contributed by atoms with Crippen LogP contribution in [0.3, 0.4) is 0 Å². The van der Waals surface area contributed by atoms with E-state index in [-0.39, 0.29) is 22.0 Å². The minimum absolute atomic E-state index is 0.0247. The van der Waals surface area contributed by atoms with Crippen molar-refractivity contribution in [1.82, 2.24) is 25.6 Å². The second-order valence-electron chi connectivity index (χ2n) is 10.4. The molecule has 0 unspecified atom stereocenters. The van der Waals surface area contributed by atoms with E-state index in [0.717, 1.165) is 41.5 Å². The van der Waals surface area contributed by atoms with Gasteiger partial charge in [-0.15, -0.1) is 5.53 Å². The number of nitrogens with zero attached hydrogens (tertiary/aromatic N) is 5. The van der Waals surface area contributed by atoms with Crippen LogP contribution in [-0.4, -0.2) is 53.8 Å². The summed E-state index contributed by atoms with van der Waals surface area (Å²) in [6.07, 6.45) is -0.284. The van der Waals surface area contributed by atoms with E-state index in [9.17, 15) is 18.0 Å². The Labute approximate surface area is 241 Å². The van der Waals surface area contributed by atoms with Gasteiger partial charge in [0.05, 0.1) is 33.9 Å². The average Bonchev–Trinajstić information content (AvgIpc) is 3.46. The monoisotopic (exact) mass is 588 g/mol. The number of amides is 1. The Bertz CT molecular complexity index is 1500. The lowest BCUT2D eigenvalue weighted by atomic mass is 10.1. The topological polar surface area (TPSA) is 80.7 Å². The third kappa shape index (κ3) is 5.99. The van der Waals surface area contributed by atoms with E-state index in [2.05, 4.69) is 26.3 Å². The van der Waals surface area contributed by atoms with Crippen LogP contribution in [-0.2, 0) is 13.2 Å². The molecule has 1 saturated heterocycles. The summed E-state index contributed by atoms with van der Waals surface area (Å²) in [6, 6.07) is 7.52. The van der Waals surface area contributed by atoms with Gasteiger partial charge in [0.25, 0.3) is 5.91 Å². The number of carbonyl (C=O) groups is 1. The number of hydrazine groups is 2. The summed E-state index contributed by atoms with van der Waals surface area (Å²) in [4.78, 5) is 17.3. The second-order valence-corrected chi connectivity index (χ2v) is 10.7. The Kier molecular flexibility index (Phi) is 7.91. The van der Waals surface area contributed by atoms with E-state index in [1.165, 1.54) is 6.07 Å². The van der Waals surface area contributed by atoms with Crippen molar-refractivity contribution in [1.29, 1.82) is 0 Å². The summed E-state index contributed by atoms with van der Waals surface area (Å²) in [7, 11) is 3.84. The fourth-order valence-electron chi connectivity index (χ4n) is 4.96. The maximum Gasteiger partial charge on any atom is 0.417 e. The Hall–Kier alpha value is -3.74. The summed E-state index contributed by atoms with van der Waals surface area (Å²) in [6.45, 7) is 6.48. The number of aromatic nitrogens is 2. The number of likely N-dealkylation sites (N-methyl/N-ethyl adjacent to an activating group) is 1. The van der Waals surface area contributed by atoms with E-state index >= 15 is 0 Å². The van der Waals surface area contributed by atoms with Crippen LogP contribution in [0.1, 0.15) is 39.2 Å². The highest BCUT2D eigenvalue weighted by Crippen LogP contribution is 2.42. The van der Waals surface area contributed by atoms with Crippen molar-refractivity contribution >= 4 is 40.3 Å². The predicted molar refractivity (Wildman–Crippen MR) is 155 cm³/mol. The lowest BCUT2D eigenvalue weighted by Crippen LogP contribution is -2.36. The third-order valence-corrected chi connectivity index (χ3v) is 7.90. The Morgan fingerprint density at radius 1 is 1.05 bits per heavy atom.